The van der Waals surface area contributed by atoms with Gasteiger partial charge in [-0.25, -0.2) is 8.42 Å². The van der Waals surface area contributed by atoms with E-state index in [2.05, 4.69) is 11.8 Å². The molecule has 134 valence electrons. The molecule has 0 spiro atoms. The molecular formula is C19H23ClN2O2S. The maximum atomic E-state index is 12.8. The average Bonchev–Trinajstić information content (AvgIpc) is 2.64. The van der Waals surface area contributed by atoms with Gasteiger partial charge < -0.3 is 0 Å². The van der Waals surface area contributed by atoms with Gasteiger partial charge in [-0.1, -0.05) is 42.8 Å². The monoisotopic (exact) mass is 378 g/mol. The summed E-state index contributed by atoms with van der Waals surface area (Å²) in [5, 5.41) is 0.730. The molecule has 1 saturated heterocycles. The molecular weight excluding hydrogens is 356 g/mol. The number of aryl methyl sites for hydroxylation is 1. The summed E-state index contributed by atoms with van der Waals surface area (Å²) in [5.41, 5.74) is 2.34. The summed E-state index contributed by atoms with van der Waals surface area (Å²) in [6, 6.07) is 15.0. The highest BCUT2D eigenvalue weighted by Crippen LogP contribution is 2.19. The molecule has 3 rings (SSSR count). The van der Waals surface area contributed by atoms with E-state index in [1.165, 1.54) is 5.56 Å². The van der Waals surface area contributed by atoms with Crippen LogP contribution in [0.25, 0.3) is 0 Å². The predicted octanol–water partition coefficient (Wildman–Crippen LogP) is 3.41. The van der Waals surface area contributed by atoms with Crippen LogP contribution in [0, 0.1) is 0 Å². The molecule has 0 bridgehead atoms. The largest absolute Gasteiger partial charge is 0.296 e. The van der Waals surface area contributed by atoms with Gasteiger partial charge in [0.2, 0.25) is 10.0 Å². The van der Waals surface area contributed by atoms with Crippen molar-refractivity contribution in [3.8, 4) is 0 Å². The topological polar surface area (TPSA) is 40.6 Å². The van der Waals surface area contributed by atoms with Gasteiger partial charge in [0.15, 0.2) is 0 Å². The quantitative estimate of drug-likeness (QED) is 0.800. The molecule has 4 nitrogen and oxygen atoms in total. The van der Waals surface area contributed by atoms with Crippen LogP contribution in [0.3, 0.4) is 0 Å². The molecule has 0 aromatic heterocycles. The predicted molar refractivity (Wildman–Crippen MR) is 101 cm³/mol. The first-order valence-electron chi connectivity index (χ1n) is 8.55. The molecule has 0 saturated carbocycles. The van der Waals surface area contributed by atoms with Crippen molar-refractivity contribution in [3.63, 3.8) is 0 Å². The van der Waals surface area contributed by atoms with Crippen molar-refractivity contribution in [2.45, 2.75) is 24.8 Å². The van der Waals surface area contributed by atoms with E-state index in [9.17, 15) is 8.42 Å². The normalized spacial score (nSPS) is 16.9. The van der Waals surface area contributed by atoms with Crippen molar-refractivity contribution in [2.24, 2.45) is 0 Å². The van der Waals surface area contributed by atoms with E-state index in [-0.39, 0.29) is 0 Å². The fraction of sp³-hybridized carbons (Fsp3) is 0.368. The molecule has 0 aliphatic carbocycles. The van der Waals surface area contributed by atoms with Crippen molar-refractivity contribution in [2.75, 3.05) is 26.2 Å². The number of benzene rings is 2. The molecule has 1 aliphatic rings. The molecule has 0 amide bonds. The smallest absolute Gasteiger partial charge is 0.243 e. The molecule has 0 radical (unpaired) electrons. The van der Waals surface area contributed by atoms with Crippen LogP contribution < -0.4 is 0 Å². The third-order valence-corrected chi connectivity index (χ3v) is 6.78. The average molecular weight is 379 g/mol. The zero-order valence-electron chi connectivity index (χ0n) is 14.4. The van der Waals surface area contributed by atoms with E-state index in [4.69, 9.17) is 11.6 Å². The van der Waals surface area contributed by atoms with Crippen LogP contribution in [-0.4, -0.2) is 43.8 Å². The van der Waals surface area contributed by atoms with E-state index in [0.29, 0.717) is 18.0 Å². The highest BCUT2D eigenvalue weighted by atomic mass is 35.5. The maximum absolute atomic E-state index is 12.8. The molecule has 0 atom stereocenters. The molecule has 6 heteroatoms. The second-order valence-electron chi connectivity index (χ2n) is 6.30. The van der Waals surface area contributed by atoms with Gasteiger partial charge in [-0.3, -0.25) is 4.90 Å². The van der Waals surface area contributed by atoms with Gasteiger partial charge in [-0.15, -0.1) is 0 Å². The molecule has 1 heterocycles. The van der Waals surface area contributed by atoms with Crippen molar-refractivity contribution in [3.05, 3.63) is 64.7 Å². The number of piperazine rings is 1. The minimum absolute atomic E-state index is 0.385. The van der Waals surface area contributed by atoms with E-state index < -0.39 is 10.0 Å². The van der Waals surface area contributed by atoms with Crippen LogP contribution in [0.15, 0.2) is 53.4 Å². The van der Waals surface area contributed by atoms with E-state index >= 15 is 0 Å². The molecule has 1 fully saturated rings. The molecule has 0 N–H and O–H groups in total. The summed E-state index contributed by atoms with van der Waals surface area (Å²) in [6.45, 7) is 5.38. The van der Waals surface area contributed by atoms with E-state index in [1.807, 2.05) is 36.4 Å². The first-order valence-corrected chi connectivity index (χ1v) is 10.4. The lowest BCUT2D eigenvalue weighted by Gasteiger charge is -2.34. The lowest BCUT2D eigenvalue weighted by molar-refractivity contribution is 0.181. The SMILES string of the molecule is CCc1ccc(S(=O)(=O)N2CCN(Cc3ccc(Cl)cc3)CC2)cc1. The number of halogens is 1. The number of hydrogen-bond donors (Lipinski definition) is 0. The fourth-order valence-corrected chi connectivity index (χ4v) is 4.57. The van der Waals surface area contributed by atoms with Gasteiger partial charge in [0.25, 0.3) is 0 Å². The van der Waals surface area contributed by atoms with Crippen molar-refractivity contribution in [1.29, 1.82) is 0 Å². The highest BCUT2D eigenvalue weighted by molar-refractivity contribution is 7.89. The summed E-state index contributed by atoms with van der Waals surface area (Å²) < 4.78 is 27.2. The first-order chi connectivity index (χ1) is 12.0. The Morgan fingerprint density at radius 1 is 0.880 bits per heavy atom. The maximum Gasteiger partial charge on any atom is 0.243 e. The lowest BCUT2D eigenvalue weighted by Crippen LogP contribution is -2.48. The van der Waals surface area contributed by atoms with Gasteiger partial charge in [0.05, 0.1) is 4.90 Å². The van der Waals surface area contributed by atoms with Gasteiger partial charge in [-0.05, 0) is 41.8 Å². The Morgan fingerprint density at radius 2 is 1.44 bits per heavy atom. The second kappa shape index (κ2) is 7.87. The first kappa shape index (κ1) is 18.4. The Kier molecular flexibility index (Phi) is 5.79. The summed E-state index contributed by atoms with van der Waals surface area (Å²) in [5.74, 6) is 0. The van der Waals surface area contributed by atoms with E-state index in [1.54, 1.807) is 16.4 Å². The van der Waals surface area contributed by atoms with Crippen molar-refractivity contribution < 1.29 is 8.42 Å². The molecule has 0 unspecified atom stereocenters. The molecule has 2 aromatic rings. The van der Waals surface area contributed by atoms with Crippen molar-refractivity contribution in [1.82, 2.24) is 9.21 Å². The highest BCUT2D eigenvalue weighted by Gasteiger charge is 2.28. The lowest BCUT2D eigenvalue weighted by atomic mass is 10.2. The summed E-state index contributed by atoms with van der Waals surface area (Å²) in [4.78, 5) is 2.66. The third kappa shape index (κ3) is 4.42. The van der Waals surface area contributed by atoms with Crippen LogP contribution in [-0.2, 0) is 23.0 Å². The van der Waals surface area contributed by atoms with Crippen LogP contribution in [0.5, 0.6) is 0 Å². The van der Waals surface area contributed by atoms with Crippen LogP contribution in [0.4, 0.5) is 0 Å². The molecule has 1 aliphatic heterocycles. The van der Waals surface area contributed by atoms with Crippen LogP contribution in [0.2, 0.25) is 5.02 Å². The number of sulfonamides is 1. The second-order valence-corrected chi connectivity index (χ2v) is 8.68. The number of nitrogens with zero attached hydrogens (tertiary/aromatic N) is 2. The summed E-state index contributed by atoms with van der Waals surface area (Å²) in [6.07, 6.45) is 0.906. The Balaban J connectivity index is 1.61. The van der Waals surface area contributed by atoms with E-state index in [0.717, 1.165) is 36.6 Å². The Hall–Kier alpha value is -1.40. The van der Waals surface area contributed by atoms with Gasteiger partial charge in [0, 0.05) is 37.7 Å². The Labute approximate surface area is 155 Å². The van der Waals surface area contributed by atoms with Crippen molar-refractivity contribution >= 4 is 21.6 Å². The molecule has 2 aromatic carbocycles. The summed E-state index contributed by atoms with van der Waals surface area (Å²) in [7, 11) is -3.40. The minimum Gasteiger partial charge on any atom is -0.296 e. The van der Waals surface area contributed by atoms with Gasteiger partial charge in [-0.2, -0.15) is 4.31 Å². The summed E-state index contributed by atoms with van der Waals surface area (Å²) >= 11 is 5.91. The van der Waals surface area contributed by atoms with Crippen LogP contribution >= 0.6 is 11.6 Å². The number of hydrogen-bond acceptors (Lipinski definition) is 3. The van der Waals surface area contributed by atoms with Gasteiger partial charge in [0.1, 0.15) is 0 Å². The molecule has 25 heavy (non-hydrogen) atoms. The Morgan fingerprint density at radius 3 is 2.00 bits per heavy atom. The zero-order chi connectivity index (χ0) is 17.9. The van der Waals surface area contributed by atoms with Crippen LogP contribution in [0.1, 0.15) is 18.1 Å². The van der Waals surface area contributed by atoms with Gasteiger partial charge >= 0.3 is 0 Å². The third-order valence-electron chi connectivity index (χ3n) is 4.62. The number of rotatable bonds is 5. The zero-order valence-corrected chi connectivity index (χ0v) is 15.9. The minimum atomic E-state index is -3.40. The fourth-order valence-electron chi connectivity index (χ4n) is 3.02. The Bertz CT molecular complexity index is 796. The standard InChI is InChI=1S/C19H23ClN2O2S/c1-2-16-5-9-19(10-6-16)25(23,24)22-13-11-21(12-14-22)15-17-3-7-18(20)8-4-17/h3-10H,2,11-15H2,1H3.